The van der Waals surface area contributed by atoms with Crippen LogP contribution >= 0.6 is 11.6 Å². The molecule has 2 aromatic rings. The van der Waals surface area contributed by atoms with Crippen molar-refractivity contribution in [3.05, 3.63) is 63.7 Å². The topological polar surface area (TPSA) is 56.1 Å². The lowest BCUT2D eigenvalue weighted by Crippen LogP contribution is -2.46. The second-order valence-corrected chi connectivity index (χ2v) is 8.90. The van der Waals surface area contributed by atoms with E-state index in [0.717, 1.165) is 49.7 Å². The maximum Gasteiger partial charge on any atom is 0.251 e. The zero-order valence-electron chi connectivity index (χ0n) is 17.6. The smallest absolute Gasteiger partial charge is 0.251 e. The van der Waals surface area contributed by atoms with E-state index in [4.69, 9.17) is 11.6 Å². The van der Waals surface area contributed by atoms with Crippen molar-refractivity contribution in [2.45, 2.75) is 70.5 Å². The largest absolute Gasteiger partial charge is 0.365 e. The summed E-state index contributed by atoms with van der Waals surface area (Å²) in [6.45, 7) is 4.35. The van der Waals surface area contributed by atoms with Gasteiger partial charge in [-0.15, -0.1) is 0 Å². The maximum absolute atomic E-state index is 12.6. The summed E-state index contributed by atoms with van der Waals surface area (Å²) in [6, 6.07) is 15.0. The number of nitrogens with one attached hydrogen (secondary N) is 1. The van der Waals surface area contributed by atoms with Gasteiger partial charge in [0.25, 0.3) is 5.91 Å². The fraction of sp³-hybridized carbons (Fsp3) is 0.440. The fourth-order valence-electron chi connectivity index (χ4n) is 4.98. The molecule has 4 nitrogen and oxygen atoms in total. The van der Waals surface area contributed by atoms with Gasteiger partial charge in [0.1, 0.15) is 6.07 Å². The molecule has 2 aliphatic rings. The van der Waals surface area contributed by atoms with Gasteiger partial charge >= 0.3 is 0 Å². The van der Waals surface area contributed by atoms with E-state index in [2.05, 4.69) is 36.2 Å². The molecule has 5 heteroatoms. The van der Waals surface area contributed by atoms with Gasteiger partial charge in [-0.25, -0.2) is 0 Å². The number of nitrogens with zero attached hydrogens (tertiary/aromatic N) is 2. The predicted molar refractivity (Wildman–Crippen MR) is 121 cm³/mol. The van der Waals surface area contributed by atoms with Crippen LogP contribution in [0.1, 0.15) is 66.6 Å². The maximum atomic E-state index is 12.6. The van der Waals surface area contributed by atoms with Crippen LogP contribution in [-0.2, 0) is 12.8 Å². The number of aryl methyl sites for hydroxylation is 1. The minimum absolute atomic E-state index is 0.0248. The summed E-state index contributed by atoms with van der Waals surface area (Å²) in [5, 5.41) is 13.1. The number of hydrogen-bond donors (Lipinski definition) is 1. The molecule has 0 bridgehead atoms. The molecule has 0 unspecified atom stereocenters. The molecule has 1 N–H and O–H groups in total. The number of nitriles is 1. The van der Waals surface area contributed by atoms with Gasteiger partial charge in [-0.1, -0.05) is 30.7 Å². The van der Waals surface area contributed by atoms with E-state index in [9.17, 15) is 10.1 Å². The van der Waals surface area contributed by atoms with E-state index >= 15 is 0 Å². The summed E-state index contributed by atoms with van der Waals surface area (Å²) in [7, 11) is 0. The van der Waals surface area contributed by atoms with Gasteiger partial charge in [0.15, 0.2) is 0 Å². The molecule has 4 rings (SSSR count). The molecule has 1 saturated carbocycles. The first-order chi connectivity index (χ1) is 14.5. The molecule has 156 valence electrons. The van der Waals surface area contributed by atoms with Crippen LogP contribution in [-0.4, -0.2) is 24.0 Å². The highest BCUT2D eigenvalue weighted by Crippen LogP contribution is 2.42. The Labute approximate surface area is 183 Å². The minimum atomic E-state index is 0.0248. The standard InChI is InChI=1S/C25H28ClN3O/c1-3-17-4-6-18(7-5-17)25(30)28-20-9-11-21(12-10-20)29-16(2)14-22-23(29)13-8-19(15-27)24(22)26/h4-8,13,16,20-21H,3,9-12,14H2,1-2H3,(H,28,30)/t16-,20?,21?/m0/s1. The van der Waals surface area contributed by atoms with Crippen LogP contribution in [0.25, 0.3) is 0 Å². The quantitative estimate of drug-likeness (QED) is 0.731. The van der Waals surface area contributed by atoms with Crippen LogP contribution in [0.2, 0.25) is 5.02 Å². The molecule has 1 aliphatic carbocycles. The molecule has 30 heavy (non-hydrogen) atoms. The third-order valence-electron chi connectivity index (χ3n) is 6.64. The number of benzene rings is 2. The van der Waals surface area contributed by atoms with E-state index in [-0.39, 0.29) is 11.9 Å². The summed E-state index contributed by atoms with van der Waals surface area (Å²) < 4.78 is 0. The lowest BCUT2D eigenvalue weighted by atomic mass is 9.89. The van der Waals surface area contributed by atoms with Crippen molar-refractivity contribution in [1.82, 2.24) is 5.32 Å². The van der Waals surface area contributed by atoms with Crippen molar-refractivity contribution in [2.75, 3.05) is 4.90 Å². The Hall–Kier alpha value is -2.51. The van der Waals surface area contributed by atoms with Gasteiger partial charge in [0.2, 0.25) is 0 Å². The molecule has 1 amide bonds. The Morgan fingerprint density at radius 1 is 1.17 bits per heavy atom. The van der Waals surface area contributed by atoms with Crippen molar-refractivity contribution < 1.29 is 4.79 Å². The molecule has 1 fully saturated rings. The first-order valence-electron chi connectivity index (χ1n) is 10.9. The van der Waals surface area contributed by atoms with Crippen LogP contribution < -0.4 is 10.2 Å². The van der Waals surface area contributed by atoms with E-state index in [1.165, 1.54) is 11.3 Å². The lowest BCUT2D eigenvalue weighted by Gasteiger charge is -2.39. The molecule has 1 aliphatic heterocycles. The third-order valence-corrected chi connectivity index (χ3v) is 7.07. The number of amides is 1. The number of rotatable bonds is 4. The highest BCUT2D eigenvalue weighted by molar-refractivity contribution is 6.33. The highest BCUT2D eigenvalue weighted by Gasteiger charge is 2.35. The zero-order chi connectivity index (χ0) is 21.3. The van der Waals surface area contributed by atoms with Gasteiger partial charge in [-0.05, 0) is 80.8 Å². The van der Waals surface area contributed by atoms with Gasteiger partial charge in [0, 0.05) is 29.4 Å². The zero-order valence-corrected chi connectivity index (χ0v) is 18.4. The monoisotopic (exact) mass is 421 g/mol. The highest BCUT2D eigenvalue weighted by atomic mass is 35.5. The first kappa shape index (κ1) is 20.8. The van der Waals surface area contributed by atoms with Gasteiger partial charge in [-0.3, -0.25) is 4.79 Å². The summed E-state index contributed by atoms with van der Waals surface area (Å²) in [4.78, 5) is 15.1. The predicted octanol–water partition coefficient (Wildman–Crippen LogP) is 5.27. The molecule has 1 atom stereocenters. The molecule has 1 heterocycles. The van der Waals surface area contributed by atoms with Crippen molar-refractivity contribution >= 4 is 23.2 Å². The second-order valence-electron chi connectivity index (χ2n) is 8.53. The molecule has 0 radical (unpaired) electrons. The molecule has 2 aromatic carbocycles. The Morgan fingerprint density at radius 3 is 2.50 bits per heavy atom. The molecule has 0 saturated heterocycles. The summed E-state index contributed by atoms with van der Waals surface area (Å²) in [5.41, 5.74) is 4.82. The van der Waals surface area contributed by atoms with E-state index in [1.54, 1.807) is 0 Å². The molecule has 0 spiro atoms. The Morgan fingerprint density at radius 2 is 1.87 bits per heavy atom. The van der Waals surface area contributed by atoms with Crippen LogP contribution in [0.3, 0.4) is 0 Å². The van der Waals surface area contributed by atoms with Crippen molar-refractivity contribution in [3.8, 4) is 6.07 Å². The third kappa shape index (κ3) is 3.91. The molecule has 0 aromatic heterocycles. The Kier molecular flexibility index (Phi) is 6.01. The van der Waals surface area contributed by atoms with Crippen molar-refractivity contribution in [1.29, 1.82) is 5.26 Å². The average molecular weight is 422 g/mol. The summed E-state index contributed by atoms with van der Waals surface area (Å²) in [5.74, 6) is 0.0248. The van der Waals surface area contributed by atoms with Crippen LogP contribution in [0.5, 0.6) is 0 Å². The number of halogens is 1. The SMILES string of the molecule is CCc1ccc(C(=O)NC2CCC(N3c4ccc(C#N)c(Cl)c4C[C@@H]3C)CC2)cc1. The van der Waals surface area contributed by atoms with Gasteiger partial charge < -0.3 is 10.2 Å². The van der Waals surface area contributed by atoms with Crippen LogP contribution in [0.4, 0.5) is 5.69 Å². The van der Waals surface area contributed by atoms with Crippen molar-refractivity contribution in [3.63, 3.8) is 0 Å². The average Bonchev–Trinajstić information content (AvgIpc) is 3.11. The number of fused-ring (bicyclic) bond motifs is 1. The molecular formula is C25H28ClN3O. The first-order valence-corrected chi connectivity index (χ1v) is 11.3. The fourth-order valence-corrected chi connectivity index (χ4v) is 5.26. The van der Waals surface area contributed by atoms with E-state index in [0.29, 0.717) is 22.7 Å². The Bertz CT molecular complexity index is 971. The van der Waals surface area contributed by atoms with Gasteiger partial charge in [-0.2, -0.15) is 5.26 Å². The van der Waals surface area contributed by atoms with Crippen LogP contribution in [0.15, 0.2) is 36.4 Å². The normalized spacial score (nSPS) is 23.0. The summed E-state index contributed by atoms with van der Waals surface area (Å²) in [6.07, 6.45) is 5.90. The van der Waals surface area contributed by atoms with Crippen LogP contribution in [0, 0.1) is 11.3 Å². The number of carbonyl (C=O) groups is 1. The van der Waals surface area contributed by atoms with E-state index < -0.39 is 0 Å². The minimum Gasteiger partial charge on any atom is -0.365 e. The number of hydrogen-bond acceptors (Lipinski definition) is 3. The molecular weight excluding hydrogens is 394 g/mol. The number of anilines is 1. The lowest BCUT2D eigenvalue weighted by molar-refractivity contribution is 0.0925. The summed E-state index contributed by atoms with van der Waals surface area (Å²) >= 11 is 6.48. The van der Waals surface area contributed by atoms with Gasteiger partial charge in [0.05, 0.1) is 10.6 Å². The second kappa shape index (κ2) is 8.70. The Balaban J connectivity index is 1.39. The van der Waals surface area contributed by atoms with E-state index in [1.807, 2.05) is 30.3 Å². The number of carbonyl (C=O) groups excluding carboxylic acids is 1. The van der Waals surface area contributed by atoms with Crippen molar-refractivity contribution in [2.24, 2.45) is 0 Å².